The third-order valence-corrected chi connectivity index (χ3v) is 1.04. The van der Waals surface area contributed by atoms with Crippen molar-refractivity contribution < 1.29 is 9.50 Å². The highest BCUT2D eigenvalue weighted by atomic mass is 19.1. The van der Waals surface area contributed by atoms with Crippen LogP contribution in [0.25, 0.3) is 0 Å². The molecule has 0 radical (unpaired) electrons. The van der Waals surface area contributed by atoms with E-state index in [1.807, 2.05) is 0 Å². The highest BCUT2D eigenvalue weighted by molar-refractivity contribution is 4.54. The van der Waals surface area contributed by atoms with E-state index in [0.29, 0.717) is 13.1 Å². The summed E-state index contributed by atoms with van der Waals surface area (Å²) in [7, 11) is 1.78. The van der Waals surface area contributed by atoms with Crippen LogP contribution in [0.5, 0.6) is 0 Å². The molecule has 3 heteroatoms. The standard InChI is InChI=1S/C6H14FNO/c1-6(9)5-8(2)4-3-7/h6,9H,3-5H2,1-2H3/t6-/m0/s1. The lowest BCUT2D eigenvalue weighted by Crippen LogP contribution is -2.28. The van der Waals surface area contributed by atoms with Crippen LogP contribution in [0, 0.1) is 0 Å². The van der Waals surface area contributed by atoms with Gasteiger partial charge < -0.3 is 10.0 Å². The van der Waals surface area contributed by atoms with Crippen LogP contribution in [0.2, 0.25) is 0 Å². The average Bonchev–Trinajstić information content (AvgIpc) is 1.63. The van der Waals surface area contributed by atoms with Gasteiger partial charge in [0.15, 0.2) is 0 Å². The lowest BCUT2D eigenvalue weighted by atomic mass is 10.4. The molecule has 0 heterocycles. The van der Waals surface area contributed by atoms with Gasteiger partial charge in [0, 0.05) is 13.1 Å². The van der Waals surface area contributed by atoms with Gasteiger partial charge in [-0.25, -0.2) is 4.39 Å². The minimum absolute atomic E-state index is 0.344. The molecule has 0 unspecified atom stereocenters. The van der Waals surface area contributed by atoms with Crippen molar-refractivity contribution in [3.05, 3.63) is 0 Å². The predicted octanol–water partition coefficient (Wildman–Crippen LogP) is 0.269. The molecule has 0 fully saturated rings. The third-order valence-electron chi connectivity index (χ3n) is 1.04. The van der Waals surface area contributed by atoms with E-state index in [9.17, 15) is 4.39 Å². The lowest BCUT2D eigenvalue weighted by Gasteiger charge is -2.15. The second-order valence-electron chi connectivity index (χ2n) is 2.30. The number of rotatable bonds is 4. The normalized spacial score (nSPS) is 14.3. The number of alkyl halides is 1. The summed E-state index contributed by atoms with van der Waals surface area (Å²) in [6, 6.07) is 0. The molecule has 0 aromatic heterocycles. The first-order valence-electron chi connectivity index (χ1n) is 3.09. The molecule has 0 aromatic carbocycles. The molecule has 1 atom stereocenters. The van der Waals surface area contributed by atoms with Crippen molar-refractivity contribution in [3.63, 3.8) is 0 Å². The van der Waals surface area contributed by atoms with Gasteiger partial charge in [0.25, 0.3) is 0 Å². The number of hydrogen-bond donors (Lipinski definition) is 1. The summed E-state index contributed by atoms with van der Waals surface area (Å²) in [5.74, 6) is 0. The molecule has 56 valence electrons. The van der Waals surface area contributed by atoms with Gasteiger partial charge in [0.2, 0.25) is 0 Å². The maximum absolute atomic E-state index is 11.6. The molecule has 2 nitrogen and oxygen atoms in total. The fourth-order valence-corrected chi connectivity index (χ4v) is 0.687. The van der Waals surface area contributed by atoms with Crippen LogP contribution in [0.1, 0.15) is 6.92 Å². The quantitative estimate of drug-likeness (QED) is 0.598. The Kier molecular flexibility index (Phi) is 4.62. The van der Waals surface area contributed by atoms with E-state index >= 15 is 0 Å². The Morgan fingerprint density at radius 3 is 2.56 bits per heavy atom. The summed E-state index contributed by atoms with van der Waals surface area (Å²) in [5.41, 5.74) is 0. The zero-order valence-electron chi connectivity index (χ0n) is 5.97. The molecule has 0 aliphatic rings. The summed E-state index contributed by atoms with van der Waals surface area (Å²) in [5, 5.41) is 8.79. The second kappa shape index (κ2) is 4.70. The summed E-state index contributed by atoms with van der Waals surface area (Å²) in [4.78, 5) is 1.75. The lowest BCUT2D eigenvalue weighted by molar-refractivity contribution is 0.137. The van der Waals surface area contributed by atoms with Gasteiger partial charge in [0.05, 0.1) is 6.10 Å². The molecule has 0 amide bonds. The van der Waals surface area contributed by atoms with Crippen LogP contribution in [0.15, 0.2) is 0 Å². The van der Waals surface area contributed by atoms with Crippen LogP contribution >= 0.6 is 0 Å². The highest BCUT2D eigenvalue weighted by Gasteiger charge is 2.00. The molecule has 9 heavy (non-hydrogen) atoms. The molecule has 0 spiro atoms. The Hall–Kier alpha value is -0.150. The van der Waals surface area contributed by atoms with E-state index in [2.05, 4.69) is 0 Å². The van der Waals surface area contributed by atoms with E-state index in [1.165, 1.54) is 0 Å². The third kappa shape index (κ3) is 5.73. The van der Waals surface area contributed by atoms with Gasteiger partial charge in [-0.05, 0) is 14.0 Å². The summed E-state index contributed by atoms with van der Waals surface area (Å²) in [6.45, 7) is 2.30. The van der Waals surface area contributed by atoms with Gasteiger partial charge in [-0.3, -0.25) is 0 Å². The Labute approximate surface area is 55.3 Å². The monoisotopic (exact) mass is 135 g/mol. The Bertz CT molecular complexity index is 68.1. The largest absolute Gasteiger partial charge is 0.392 e. The zero-order valence-corrected chi connectivity index (χ0v) is 5.97. The SMILES string of the molecule is C[C@H](O)CN(C)CCF. The first-order chi connectivity index (χ1) is 4.16. The van der Waals surface area contributed by atoms with E-state index in [-0.39, 0.29) is 12.8 Å². The summed E-state index contributed by atoms with van der Waals surface area (Å²) < 4.78 is 11.6. The molecule has 0 aliphatic heterocycles. The minimum atomic E-state index is -0.360. The fraction of sp³-hybridized carbons (Fsp3) is 1.00. The second-order valence-corrected chi connectivity index (χ2v) is 2.30. The van der Waals surface area contributed by atoms with Crippen molar-refractivity contribution in [2.24, 2.45) is 0 Å². The average molecular weight is 135 g/mol. The molecular weight excluding hydrogens is 121 g/mol. The number of likely N-dealkylation sites (N-methyl/N-ethyl adjacent to an activating group) is 1. The number of nitrogens with zero attached hydrogens (tertiary/aromatic N) is 1. The van der Waals surface area contributed by atoms with Crippen molar-refractivity contribution in [2.75, 3.05) is 26.8 Å². The molecule has 1 N–H and O–H groups in total. The summed E-state index contributed by atoms with van der Waals surface area (Å²) in [6.07, 6.45) is -0.360. The zero-order chi connectivity index (χ0) is 7.28. The molecule has 0 bridgehead atoms. The molecule has 0 saturated heterocycles. The fourth-order valence-electron chi connectivity index (χ4n) is 0.687. The van der Waals surface area contributed by atoms with E-state index in [1.54, 1.807) is 18.9 Å². The van der Waals surface area contributed by atoms with Gasteiger partial charge in [-0.1, -0.05) is 0 Å². The molecule has 0 rings (SSSR count). The maximum Gasteiger partial charge on any atom is 0.102 e. The van der Waals surface area contributed by atoms with Crippen molar-refractivity contribution in [1.29, 1.82) is 0 Å². The maximum atomic E-state index is 11.6. The Balaban J connectivity index is 3.15. The molecule has 0 aliphatic carbocycles. The van der Waals surface area contributed by atoms with Crippen LogP contribution in [0.4, 0.5) is 4.39 Å². The van der Waals surface area contributed by atoms with Crippen molar-refractivity contribution in [3.8, 4) is 0 Å². The first kappa shape index (κ1) is 8.85. The predicted molar refractivity (Wildman–Crippen MR) is 35.2 cm³/mol. The van der Waals surface area contributed by atoms with Crippen molar-refractivity contribution in [2.45, 2.75) is 13.0 Å². The Morgan fingerprint density at radius 2 is 2.22 bits per heavy atom. The topological polar surface area (TPSA) is 23.5 Å². The smallest absolute Gasteiger partial charge is 0.102 e. The first-order valence-corrected chi connectivity index (χ1v) is 3.09. The number of hydrogen-bond acceptors (Lipinski definition) is 2. The van der Waals surface area contributed by atoms with Gasteiger partial charge in [-0.2, -0.15) is 0 Å². The van der Waals surface area contributed by atoms with E-state index < -0.39 is 0 Å². The molecule has 0 saturated carbocycles. The highest BCUT2D eigenvalue weighted by Crippen LogP contribution is 1.86. The molecule has 0 aromatic rings. The van der Waals surface area contributed by atoms with Crippen LogP contribution in [-0.4, -0.2) is 42.9 Å². The number of aliphatic hydroxyl groups is 1. The van der Waals surface area contributed by atoms with E-state index in [0.717, 1.165) is 0 Å². The van der Waals surface area contributed by atoms with E-state index in [4.69, 9.17) is 5.11 Å². The minimum Gasteiger partial charge on any atom is -0.392 e. The van der Waals surface area contributed by atoms with Gasteiger partial charge >= 0.3 is 0 Å². The Morgan fingerprint density at radius 1 is 1.67 bits per heavy atom. The number of halogens is 1. The van der Waals surface area contributed by atoms with Gasteiger partial charge in [0.1, 0.15) is 6.67 Å². The van der Waals surface area contributed by atoms with Crippen molar-refractivity contribution >= 4 is 0 Å². The van der Waals surface area contributed by atoms with Crippen LogP contribution in [-0.2, 0) is 0 Å². The van der Waals surface area contributed by atoms with Crippen molar-refractivity contribution in [1.82, 2.24) is 4.90 Å². The van der Waals surface area contributed by atoms with Crippen LogP contribution < -0.4 is 0 Å². The number of aliphatic hydroxyl groups excluding tert-OH is 1. The van der Waals surface area contributed by atoms with Crippen LogP contribution in [0.3, 0.4) is 0 Å². The summed E-state index contributed by atoms with van der Waals surface area (Å²) >= 11 is 0. The molecular formula is C6H14FNO. The van der Waals surface area contributed by atoms with Gasteiger partial charge in [-0.15, -0.1) is 0 Å².